The SMILES string of the molecule is O=C(Nc1ccc(Cl)cc1)c1ccc2c(c1)n(Cc1cccc(F)c1)c(=O)c1ccnn12. The van der Waals surface area contributed by atoms with Gasteiger partial charge >= 0.3 is 0 Å². The Bertz CT molecular complexity index is 1540. The van der Waals surface area contributed by atoms with Gasteiger partial charge in [-0.05, 0) is 66.2 Å². The van der Waals surface area contributed by atoms with E-state index < -0.39 is 0 Å². The smallest absolute Gasteiger partial charge is 0.277 e. The number of carbonyl (C=O) groups excluding carboxylic acids is 1. The van der Waals surface area contributed by atoms with Crippen molar-refractivity contribution < 1.29 is 9.18 Å². The second kappa shape index (κ2) is 7.94. The zero-order chi connectivity index (χ0) is 22.2. The van der Waals surface area contributed by atoms with Crippen molar-refractivity contribution in [3.63, 3.8) is 0 Å². The first-order chi connectivity index (χ1) is 15.5. The summed E-state index contributed by atoms with van der Waals surface area (Å²) in [6, 6.07) is 19.5. The molecule has 2 heterocycles. The summed E-state index contributed by atoms with van der Waals surface area (Å²) in [5.41, 5.74) is 2.88. The number of hydrogen-bond donors (Lipinski definition) is 1. The number of nitrogens with one attached hydrogen (secondary N) is 1. The molecule has 0 unspecified atom stereocenters. The second-order valence-electron chi connectivity index (χ2n) is 7.31. The molecule has 8 heteroatoms. The summed E-state index contributed by atoms with van der Waals surface area (Å²) in [7, 11) is 0. The number of anilines is 1. The van der Waals surface area contributed by atoms with E-state index >= 15 is 0 Å². The molecular weight excluding hydrogens is 431 g/mol. The average Bonchev–Trinajstić information content (AvgIpc) is 3.28. The summed E-state index contributed by atoms with van der Waals surface area (Å²) >= 11 is 5.90. The topological polar surface area (TPSA) is 68.4 Å². The van der Waals surface area contributed by atoms with Gasteiger partial charge in [-0.25, -0.2) is 8.91 Å². The largest absolute Gasteiger partial charge is 0.322 e. The van der Waals surface area contributed by atoms with Crippen LogP contribution in [0.15, 0.2) is 83.8 Å². The second-order valence-corrected chi connectivity index (χ2v) is 7.75. The van der Waals surface area contributed by atoms with Gasteiger partial charge in [0.1, 0.15) is 11.3 Å². The van der Waals surface area contributed by atoms with E-state index in [0.717, 1.165) is 0 Å². The van der Waals surface area contributed by atoms with Gasteiger partial charge in [0.15, 0.2) is 0 Å². The number of fused-ring (bicyclic) bond motifs is 3. The van der Waals surface area contributed by atoms with Gasteiger partial charge in [0.2, 0.25) is 0 Å². The normalized spacial score (nSPS) is 11.2. The van der Waals surface area contributed by atoms with Gasteiger partial charge in [0, 0.05) is 16.3 Å². The minimum Gasteiger partial charge on any atom is -0.322 e. The van der Waals surface area contributed by atoms with Crippen LogP contribution in [0.3, 0.4) is 0 Å². The van der Waals surface area contributed by atoms with Crippen molar-refractivity contribution >= 4 is 39.7 Å². The Morgan fingerprint density at radius 2 is 1.78 bits per heavy atom. The van der Waals surface area contributed by atoms with Crippen LogP contribution in [-0.2, 0) is 6.54 Å². The van der Waals surface area contributed by atoms with Crippen molar-refractivity contribution in [2.45, 2.75) is 6.54 Å². The maximum absolute atomic E-state index is 13.7. The number of halogens is 2. The van der Waals surface area contributed by atoms with Crippen LogP contribution in [0, 0.1) is 5.82 Å². The quantitative estimate of drug-likeness (QED) is 0.433. The van der Waals surface area contributed by atoms with E-state index in [-0.39, 0.29) is 23.8 Å². The molecule has 3 aromatic carbocycles. The Labute approximate surface area is 186 Å². The summed E-state index contributed by atoms with van der Waals surface area (Å²) in [6.07, 6.45) is 1.55. The molecular formula is C24H16ClFN4O2. The molecule has 0 aliphatic carbocycles. The number of amides is 1. The fourth-order valence-corrected chi connectivity index (χ4v) is 3.80. The zero-order valence-corrected chi connectivity index (χ0v) is 17.4. The predicted molar refractivity (Wildman–Crippen MR) is 122 cm³/mol. The Morgan fingerprint density at radius 3 is 2.56 bits per heavy atom. The molecule has 0 spiro atoms. The minimum atomic E-state index is -0.381. The van der Waals surface area contributed by atoms with Crippen LogP contribution < -0.4 is 10.9 Å². The van der Waals surface area contributed by atoms with Crippen LogP contribution in [0.25, 0.3) is 16.6 Å². The van der Waals surface area contributed by atoms with E-state index in [1.165, 1.54) is 16.7 Å². The summed E-state index contributed by atoms with van der Waals surface area (Å²) in [6.45, 7) is 0.150. The molecule has 1 amide bonds. The Morgan fingerprint density at radius 1 is 0.969 bits per heavy atom. The number of aromatic nitrogens is 3. The maximum Gasteiger partial charge on any atom is 0.277 e. The average molecular weight is 447 g/mol. The number of hydrogen-bond acceptors (Lipinski definition) is 3. The lowest BCUT2D eigenvalue weighted by molar-refractivity contribution is 0.102. The van der Waals surface area contributed by atoms with Crippen LogP contribution in [0.4, 0.5) is 10.1 Å². The summed E-state index contributed by atoms with van der Waals surface area (Å²) in [4.78, 5) is 26.0. The van der Waals surface area contributed by atoms with Gasteiger partial charge in [-0.1, -0.05) is 23.7 Å². The highest BCUT2D eigenvalue weighted by molar-refractivity contribution is 6.30. The third-order valence-electron chi connectivity index (χ3n) is 5.20. The first-order valence-corrected chi connectivity index (χ1v) is 10.2. The summed E-state index contributed by atoms with van der Waals surface area (Å²) in [5, 5.41) is 7.64. The van der Waals surface area contributed by atoms with Crippen molar-refractivity contribution in [1.29, 1.82) is 0 Å². The van der Waals surface area contributed by atoms with E-state index in [1.54, 1.807) is 71.4 Å². The predicted octanol–water partition coefficient (Wildman–Crippen LogP) is 4.74. The van der Waals surface area contributed by atoms with Crippen LogP contribution in [0.5, 0.6) is 0 Å². The molecule has 0 saturated heterocycles. The Balaban J connectivity index is 1.63. The van der Waals surface area contributed by atoms with Crippen LogP contribution in [0.1, 0.15) is 15.9 Å². The Kier molecular flexibility index (Phi) is 4.95. The van der Waals surface area contributed by atoms with Crippen LogP contribution in [0.2, 0.25) is 5.02 Å². The fourth-order valence-electron chi connectivity index (χ4n) is 3.68. The van der Waals surface area contributed by atoms with E-state index in [0.29, 0.717) is 38.4 Å². The minimum absolute atomic E-state index is 0.150. The summed E-state index contributed by atoms with van der Waals surface area (Å²) < 4.78 is 16.8. The van der Waals surface area contributed by atoms with Crippen molar-refractivity contribution in [2.75, 3.05) is 5.32 Å². The van der Waals surface area contributed by atoms with E-state index in [4.69, 9.17) is 11.6 Å². The number of benzene rings is 3. The molecule has 0 saturated carbocycles. The van der Waals surface area contributed by atoms with E-state index in [1.807, 2.05) is 0 Å². The highest BCUT2D eigenvalue weighted by atomic mass is 35.5. The lowest BCUT2D eigenvalue weighted by Gasteiger charge is -2.14. The molecule has 5 aromatic rings. The molecule has 0 radical (unpaired) electrons. The number of rotatable bonds is 4. The molecule has 0 atom stereocenters. The molecule has 0 fully saturated rings. The Hall–Kier alpha value is -3.97. The zero-order valence-electron chi connectivity index (χ0n) is 16.6. The molecule has 0 aliphatic rings. The van der Waals surface area contributed by atoms with Gasteiger partial charge < -0.3 is 9.88 Å². The summed E-state index contributed by atoms with van der Waals surface area (Å²) in [5.74, 6) is -0.715. The first kappa shape index (κ1) is 20.0. The van der Waals surface area contributed by atoms with E-state index in [2.05, 4.69) is 10.4 Å². The van der Waals surface area contributed by atoms with Crippen molar-refractivity contribution in [3.8, 4) is 0 Å². The standard InChI is InChI=1S/C24H16ClFN4O2/c25-17-5-7-19(8-6-17)28-23(31)16-4-9-20-22(13-16)29(14-15-2-1-3-18(26)12-15)24(32)21-10-11-27-30(20)21/h1-13H,14H2,(H,28,31). The third-order valence-corrected chi connectivity index (χ3v) is 5.45. The maximum atomic E-state index is 13.7. The first-order valence-electron chi connectivity index (χ1n) is 9.81. The lowest BCUT2D eigenvalue weighted by atomic mass is 10.1. The molecule has 158 valence electrons. The van der Waals surface area contributed by atoms with Crippen molar-refractivity contribution in [1.82, 2.24) is 14.2 Å². The van der Waals surface area contributed by atoms with Gasteiger partial charge in [0.25, 0.3) is 11.5 Å². The highest BCUT2D eigenvalue weighted by Gasteiger charge is 2.15. The molecule has 6 nitrogen and oxygen atoms in total. The van der Waals surface area contributed by atoms with Crippen molar-refractivity contribution in [2.24, 2.45) is 0 Å². The van der Waals surface area contributed by atoms with Crippen molar-refractivity contribution in [3.05, 3.63) is 111 Å². The van der Waals surface area contributed by atoms with Gasteiger partial charge in [-0.3, -0.25) is 9.59 Å². The van der Waals surface area contributed by atoms with Gasteiger partial charge in [0.05, 0.1) is 23.8 Å². The molecule has 0 aliphatic heterocycles. The lowest BCUT2D eigenvalue weighted by Crippen LogP contribution is -2.24. The molecule has 2 aromatic heterocycles. The van der Waals surface area contributed by atoms with Gasteiger partial charge in [-0.15, -0.1) is 0 Å². The molecule has 32 heavy (non-hydrogen) atoms. The molecule has 5 rings (SSSR count). The highest BCUT2D eigenvalue weighted by Crippen LogP contribution is 2.20. The van der Waals surface area contributed by atoms with Gasteiger partial charge in [-0.2, -0.15) is 5.10 Å². The number of carbonyl (C=O) groups is 1. The third kappa shape index (κ3) is 3.63. The monoisotopic (exact) mass is 446 g/mol. The van der Waals surface area contributed by atoms with Crippen LogP contribution in [-0.4, -0.2) is 20.1 Å². The van der Waals surface area contributed by atoms with E-state index in [9.17, 15) is 14.0 Å². The number of nitrogens with zero attached hydrogens (tertiary/aromatic N) is 3. The molecule has 1 N–H and O–H groups in total. The molecule has 0 bridgehead atoms. The van der Waals surface area contributed by atoms with Crippen LogP contribution >= 0.6 is 11.6 Å². The fraction of sp³-hybridized carbons (Fsp3) is 0.0417.